The van der Waals surface area contributed by atoms with Crippen LogP contribution in [0.25, 0.3) is 0 Å². The quantitative estimate of drug-likeness (QED) is 0.668. The summed E-state index contributed by atoms with van der Waals surface area (Å²) in [6.45, 7) is 0.260. The van der Waals surface area contributed by atoms with Gasteiger partial charge < -0.3 is 10.2 Å². The molecule has 1 aromatic heterocycles. The fourth-order valence-corrected chi connectivity index (χ4v) is 1.63. The number of rotatable bonds is 4. The van der Waals surface area contributed by atoms with Gasteiger partial charge in [0, 0.05) is 5.02 Å². The molecule has 0 radical (unpaired) electrons. The van der Waals surface area contributed by atoms with E-state index in [-0.39, 0.29) is 6.61 Å². The zero-order valence-corrected chi connectivity index (χ0v) is 10.9. The van der Waals surface area contributed by atoms with E-state index in [9.17, 15) is 0 Å². The van der Waals surface area contributed by atoms with E-state index in [1.807, 2.05) is 0 Å². The van der Waals surface area contributed by atoms with Gasteiger partial charge in [-0.05, 0) is 36.4 Å². The number of hydrogen-bond donors (Lipinski definition) is 2. The Kier molecular flexibility index (Phi) is 4.25. The molecule has 0 saturated heterocycles. The minimum absolute atomic E-state index is 0.260. The Morgan fingerprint density at radius 2 is 1.83 bits per heavy atom. The number of pyridine rings is 1. The van der Waals surface area contributed by atoms with Crippen molar-refractivity contribution in [2.45, 2.75) is 6.61 Å². The minimum atomic E-state index is 0.260. The van der Waals surface area contributed by atoms with Gasteiger partial charge in [-0.3, -0.25) is 0 Å². The molecule has 0 atom stereocenters. The number of hydrogen-bond acceptors (Lipinski definition) is 4. The fraction of sp³-hybridized carbons (Fsp3) is 0.0833. The molecule has 0 amide bonds. The van der Waals surface area contributed by atoms with Crippen LogP contribution in [0.1, 0.15) is 5.69 Å². The average Bonchev–Trinajstić information content (AvgIpc) is 2.40. The molecule has 2 aromatic rings. The van der Waals surface area contributed by atoms with Gasteiger partial charge in [0.2, 0.25) is 0 Å². The van der Waals surface area contributed by atoms with Crippen LogP contribution in [0.15, 0.2) is 36.4 Å². The van der Waals surface area contributed by atoms with Crippen LogP contribution in [0.5, 0.6) is 5.75 Å². The van der Waals surface area contributed by atoms with Crippen molar-refractivity contribution >= 4 is 29.0 Å². The maximum atomic E-state index is 6.01. The fourth-order valence-electron chi connectivity index (χ4n) is 1.35. The molecule has 0 spiro atoms. The standard InChI is InChI=1S/C12H11Cl2N3O/c13-8-1-3-9(4-2-8)18-7-11-10(14)5-6-12(16-11)17-15/h1-6H,7,15H2,(H,16,17). The third-order valence-electron chi connectivity index (χ3n) is 2.26. The number of anilines is 1. The van der Waals surface area contributed by atoms with Crippen molar-refractivity contribution in [2.75, 3.05) is 5.43 Å². The van der Waals surface area contributed by atoms with Gasteiger partial charge in [0.05, 0.1) is 10.7 Å². The molecule has 3 N–H and O–H groups in total. The predicted molar refractivity (Wildman–Crippen MR) is 72.8 cm³/mol. The summed E-state index contributed by atoms with van der Waals surface area (Å²) in [5.74, 6) is 6.52. The summed E-state index contributed by atoms with van der Waals surface area (Å²) in [6.07, 6.45) is 0. The molecule has 0 unspecified atom stereocenters. The van der Waals surface area contributed by atoms with Crippen molar-refractivity contribution in [3.05, 3.63) is 52.1 Å². The van der Waals surface area contributed by atoms with Gasteiger partial charge >= 0.3 is 0 Å². The van der Waals surface area contributed by atoms with E-state index in [1.165, 1.54) is 0 Å². The summed E-state index contributed by atoms with van der Waals surface area (Å²) >= 11 is 11.8. The van der Waals surface area contributed by atoms with Crippen LogP contribution in [-0.4, -0.2) is 4.98 Å². The maximum absolute atomic E-state index is 6.01. The lowest BCUT2D eigenvalue weighted by atomic mass is 10.3. The van der Waals surface area contributed by atoms with Crippen LogP contribution >= 0.6 is 23.2 Å². The molecule has 94 valence electrons. The molecule has 1 aromatic carbocycles. The van der Waals surface area contributed by atoms with Gasteiger partial charge in [-0.1, -0.05) is 23.2 Å². The van der Waals surface area contributed by atoms with Gasteiger partial charge in [-0.2, -0.15) is 0 Å². The Morgan fingerprint density at radius 1 is 1.11 bits per heavy atom. The zero-order valence-electron chi connectivity index (χ0n) is 9.36. The van der Waals surface area contributed by atoms with Gasteiger partial charge in [-0.15, -0.1) is 0 Å². The zero-order chi connectivity index (χ0) is 13.0. The van der Waals surface area contributed by atoms with E-state index in [2.05, 4.69) is 10.4 Å². The van der Waals surface area contributed by atoms with Crippen LogP contribution in [0.4, 0.5) is 5.82 Å². The molecule has 2 rings (SSSR count). The van der Waals surface area contributed by atoms with Crippen molar-refractivity contribution in [2.24, 2.45) is 5.84 Å². The molecule has 0 saturated carbocycles. The number of nitrogens with one attached hydrogen (secondary N) is 1. The molecule has 0 aliphatic rings. The lowest BCUT2D eigenvalue weighted by Gasteiger charge is -2.08. The monoisotopic (exact) mass is 283 g/mol. The molecule has 1 heterocycles. The molecule has 0 bridgehead atoms. The van der Waals surface area contributed by atoms with Crippen molar-refractivity contribution < 1.29 is 4.74 Å². The Bertz CT molecular complexity index is 531. The number of nitrogens with zero attached hydrogens (tertiary/aromatic N) is 1. The molecule has 18 heavy (non-hydrogen) atoms. The first-order valence-corrected chi connectivity index (χ1v) is 5.95. The number of nitrogen functional groups attached to an aromatic ring is 1. The van der Waals surface area contributed by atoms with Gasteiger partial charge in [0.25, 0.3) is 0 Å². The Balaban J connectivity index is 2.07. The van der Waals surface area contributed by atoms with E-state index in [1.54, 1.807) is 36.4 Å². The first kappa shape index (κ1) is 13.0. The van der Waals surface area contributed by atoms with E-state index in [0.29, 0.717) is 27.3 Å². The third-order valence-corrected chi connectivity index (χ3v) is 2.85. The summed E-state index contributed by atoms with van der Waals surface area (Å²) < 4.78 is 5.55. The summed E-state index contributed by atoms with van der Waals surface area (Å²) in [5.41, 5.74) is 3.07. The topological polar surface area (TPSA) is 60.2 Å². The number of hydrazine groups is 1. The van der Waals surface area contributed by atoms with Crippen LogP contribution in [0.3, 0.4) is 0 Å². The van der Waals surface area contributed by atoms with E-state index < -0.39 is 0 Å². The van der Waals surface area contributed by atoms with Crippen LogP contribution in [-0.2, 0) is 6.61 Å². The second-order valence-electron chi connectivity index (χ2n) is 3.51. The van der Waals surface area contributed by atoms with Gasteiger partial charge in [0.1, 0.15) is 18.2 Å². The lowest BCUT2D eigenvalue weighted by Crippen LogP contribution is -2.10. The van der Waals surface area contributed by atoms with Crippen LogP contribution < -0.4 is 16.0 Å². The van der Waals surface area contributed by atoms with Crippen LogP contribution in [0, 0.1) is 0 Å². The molecule has 0 aliphatic heterocycles. The highest BCUT2D eigenvalue weighted by Crippen LogP contribution is 2.20. The van der Waals surface area contributed by atoms with E-state index in [4.69, 9.17) is 33.8 Å². The number of ether oxygens (including phenoxy) is 1. The van der Waals surface area contributed by atoms with Crippen molar-refractivity contribution in [3.63, 3.8) is 0 Å². The lowest BCUT2D eigenvalue weighted by molar-refractivity contribution is 0.301. The Labute approximate surface area is 115 Å². The SMILES string of the molecule is NNc1ccc(Cl)c(COc2ccc(Cl)cc2)n1. The number of benzene rings is 1. The maximum Gasteiger partial charge on any atom is 0.140 e. The van der Waals surface area contributed by atoms with E-state index in [0.717, 1.165) is 0 Å². The van der Waals surface area contributed by atoms with Gasteiger partial charge in [0.15, 0.2) is 0 Å². The summed E-state index contributed by atoms with van der Waals surface area (Å²) in [7, 11) is 0. The number of aromatic nitrogens is 1. The first-order chi connectivity index (χ1) is 8.69. The Morgan fingerprint density at radius 3 is 2.50 bits per heavy atom. The van der Waals surface area contributed by atoms with Crippen molar-refractivity contribution in [3.8, 4) is 5.75 Å². The molecular weight excluding hydrogens is 273 g/mol. The highest BCUT2D eigenvalue weighted by Gasteiger charge is 2.04. The molecule has 4 nitrogen and oxygen atoms in total. The predicted octanol–water partition coefficient (Wildman–Crippen LogP) is 3.25. The molecule has 0 aliphatic carbocycles. The molecule has 6 heteroatoms. The van der Waals surface area contributed by atoms with Gasteiger partial charge in [-0.25, -0.2) is 10.8 Å². The molecule has 0 fully saturated rings. The second kappa shape index (κ2) is 5.91. The van der Waals surface area contributed by atoms with Crippen LogP contribution in [0.2, 0.25) is 10.0 Å². The Hall–Kier alpha value is -1.49. The third kappa shape index (κ3) is 3.26. The van der Waals surface area contributed by atoms with Crippen molar-refractivity contribution in [1.82, 2.24) is 4.98 Å². The van der Waals surface area contributed by atoms with E-state index >= 15 is 0 Å². The smallest absolute Gasteiger partial charge is 0.140 e. The second-order valence-corrected chi connectivity index (χ2v) is 4.36. The summed E-state index contributed by atoms with van der Waals surface area (Å²) in [5, 5.41) is 1.19. The first-order valence-electron chi connectivity index (χ1n) is 5.19. The summed E-state index contributed by atoms with van der Waals surface area (Å²) in [4.78, 5) is 4.20. The van der Waals surface area contributed by atoms with Crippen molar-refractivity contribution in [1.29, 1.82) is 0 Å². The normalized spacial score (nSPS) is 10.2. The minimum Gasteiger partial charge on any atom is -0.487 e. The molecular formula is C12H11Cl2N3O. The number of nitrogens with two attached hydrogens (primary N) is 1. The largest absolute Gasteiger partial charge is 0.487 e. The highest BCUT2D eigenvalue weighted by molar-refractivity contribution is 6.31. The summed E-state index contributed by atoms with van der Waals surface area (Å²) in [6, 6.07) is 10.5. The highest BCUT2D eigenvalue weighted by atomic mass is 35.5. The average molecular weight is 284 g/mol. The number of halogens is 2.